The van der Waals surface area contributed by atoms with Crippen LogP contribution in [0.5, 0.6) is 0 Å². The summed E-state index contributed by atoms with van der Waals surface area (Å²) in [5, 5.41) is 3.36. The van der Waals surface area contributed by atoms with Crippen molar-refractivity contribution in [3.8, 4) is 0 Å². The standard InChI is InChI=1S/C22H25N3O3S2/c1-14-5-4-10-25(13-14)30(27,28)18-8-6-17(7-9-18)21(26)24-22-23-20-16(3)11-15(2)12-19(20)29-22/h6-9,11-12,14H,4-5,10,13H2,1-3H3,(H,23,24,26). The molecule has 1 aromatic heterocycles. The van der Waals surface area contributed by atoms with Gasteiger partial charge in [0.1, 0.15) is 0 Å². The lowest BCUT2D eigenvalue weighted by Crippen LogP contribution is -2.39. The van der Waals surface area contributed by atoms with Crippen molar-refractivity contribution in [1.29, 1.82) is 0 Å². The minimum atomic E-state index is -3.53. The third-order valence-corrected chi connectivity index (χ3v) is 8.22. The summed E-state index contributed by atoms with van der Waals surface area (Å²) in [6, 6.07) is 10.2. The Morgan fingerprint density at radius 2 is 1.93 bits per heavy atom. The maximum atomic E-state index is 12.9. The summed E-state index contributed by atoms with van der Waals surface area (Å²) in [7, 11) is -3.53. The number of hydrogen-bond acceptors (Lipinski definition) is 5. The molecule has 30 heavy (non-hydrogen) atoms. The van der Waals surface area contributed by atoms with Crippen LogP contribution in [0.4, 0.5) is 5.13 Å². The third kappa shape index (κ3) is 4.12. The van der Waals surface area contributed by atoms with Gasteiger partial charge in [-0.05, 0) is 74.1 Å². The molecule has 0 spiro atoms. The Labute approximate surface area is 181 Å². The van der Waals surface area contributed by atoms with Crippen LogP contribution in [0.3, 0.4) is 0 Å². The van der Waals surface area contributed by atoms with Gasteiger partial charge in [0, 0.05) is 18.7 Å². The molecule has 1 unspecified atom stereocenters. The average molecular weight is 444 g/mol. The first-order valence-electron chi connectivity index (χ1n) is 10.0. The number of hydrogen-bond donors (Lipinski definition) is 1. The molecule has 2 heterocycles. The smallest absolute Gasteiger partial charge is 0.257 e. The topological polar surface area (TPSA) is 79.4 Å². The fraction of sp³-hybridized carbons (Fsp3) is 0.364. The van der Waals surface area contributed by atoms with Crippen molar-refractivity contribution in [2.45, 2.75) is 38.5 Å². The number of aromatic nitrogens is 1. The van der Waals surface area contributed by atoms with Gasteiger partial charge in [0.05, 0.1) is 15.1 Å². The van der Waals surface area contributed by atoms with Crippen molar-refractivity contribution >= 4 is 42.6 Å². The summed E-state index contributed by atoms with van der Waals surface area (Å²) in [4.78, 5) is 17.4. The number of fused-ring (bicyclic) bond motifs is 1. The van der Waals surface area contributed by atoms with Gasteiger partial charge in [-0.3, -0.25) is 10.1 Å². The van der Waals surface area contributed by atoms with Crippen molar-refractivity contribution in [3.05, 3.63) is 53.1 Å². The van der Waals surface area contributed by atoms with Crippen molar-refractivity contribution in [3.63, 3.8) is 0 Å². The Morgan fingerprint density at radius 1 is 1.20 bits per heavy atom. The van der Waals surface area contributed by atoms with E-state index >= 15 is 0 Å². The predicted octanol–water partition coefficient (Wildman–Crippen LogP) is 4.59. The van der Waals surface area contributed by atoms with E-state index in [1.165, 1.54) is 23.5 Å². The van der Waals surface area contributed by atoms with E-state index in [1.807, 2.05) is 13.8 Å². The summed E-state index contributed by atoms with van der Waals surface area (Å²) < 4.78 is 28.3. The molecule has 0 radical (unpaired) electrons. The van der Waals surface area contributed by atoms with Crippen LogP contribution in [0.2, 0.25) is 0 Å². The highest BCUT2D eigenvalue weighted by atomic mass is 32.2. The van der Waals surface area contributed by atoms with E-state index in [9.17, 15) is 13.2 Å². The Balaban J connectivity index is 1.51. The second-order valence-corrected chi connectivity index (χ2v) is 11.0. The lowest BCUT2D eigenvalue weighted by atomic mass is 10.0. The lowest BCUT2D eigenvalue weighted by molar-refractivity contribution is 0.102. The number of sulfonamides is 1. The minimum absolute atomic E-state index is 0.222. The van der Waals surface area contributed by atoms with Gasteiger partial charge < -0.3 is 0 Å². The number of anilines is 1. The third-order valence-electron chi connectivity index (χ3n) is 5.42. The number of benzene rings is 2. The van der Waals surface area contributed by atoms with Crippen molar-refractivity contribution in [2.75, 3.05) is 18.4 Å². The van der Waals surface area contributed by atoms with E-state index in [0.717, 1.165) is 34.2 Å². The molecule has 1 N–H and O–H groups in total. The number of carbonyl (C=O) groups excluding carboxylic acids is 1. The van der Waals surface area contributed by atoms with Crippen molar-refractivity contribution in [2.24, 2.45) is 5.92 Å². The maximum absolute atomic E-state index is 12.9. The first-order valence-corrected chi connectivity index (χ1v) is 12.3. The van der Waals surface area contributed by atoms with Gasteiger partial charge in [0.25, 0.3) is 5.91 Å². The van der Waals surface area contributed by atoms with E-state index in [1.54, 1.807) is 16.4 Å². The highest BCUT2D eigenvalue weighted by Gasteiger charge is 2.28. The van der Waals surface area contributed by atoms with Crippen molar-refractivity contribution in [1.82, 2.24) is 9.29 Å². The number of nitrogens with one attached hydrogen (secondary N) is 1. The highest BCUT2D eigenvalue weighted by molar-refractivity contribution is 7.89. The first kappa shape index (κ1) is 21.0. The van der Waals surface area contributed by atoms with Crippen LogP contribution in [0.1, 0.15) is 41.3 Å². The molecule has 0 aliphatic carbocycles. The van der Waals surface area contributed by atoms with Gasteiger partial charge in [0.15, 0.2) is 5.13 Å². The van der Waals surface area contributed by atoms with Gasteiger partial charge in [-0.2, -0.15) is 4.31 Å². The van der Waals surface area contributed by atoms with Gasteiger partial charge in [0.2, 0.25) is 10.0 Å². The second-order valence-electron chi connectivity index (χ2n) is 8.04. The van der Waals surface area contributed by atoms with Gasteiger partial charge in [-0.15, -0.1) is 0 Å². The van der Waals surface area contributed by atoms with E-state index in [-0.39, 0.29) is 10.8 Å². The molecule has 158 valence electrons. The Bertz CT molecular complexity index is 1200. The van der Waals surface area contributed by atoms with Crippen LogP contribution in [0.15, 0.2) is 41.3 Å². The summed E-state index contributed by atoms with van der Waals surface area (Å²) >= 11 is 1.43. The summed E-state index contributed by atoms with van der Waals surface area (Å²) in [6.07, 6.45) is 1.93. The molecule has 0 bridgehead atoms. The van der Waals surface area contributed by atoms with Crippen molar-refractivity contribution < 1.29 is 13.2 Å². The van der Waals surface area contributed by atoms with Crippen LogP contribution >= 0.6 is 11.3 Å². The number of carbonyl (C=O) groups is 1. The zero-order valence-electron chi connectivity index (χ0n) is 17.3. The van der Waals surface area contributed by atoms with E-state index in [4.69, 9.17) is 0 Å². The molecule has 1 fully saturated rings. The van der Waals surface area contributed by atoms with Gasteiger partial charge >= 0.3 is 0 Å². The summed E-state index contributed by atoms with van der Waals surface area (Å²) in [6.45, 7) is 7.19. The number of rotatable bonds is 4. The second kappa shape index (κ2) is 8.09. The summed E-state index contributed by atoms with van der Waals surface area (Å²) in [5.74, 6) is 0.0544. The lowest BCUT2D eigenvalue weighted by Gasteiger charge is -2.30. The molecule has 1 aliphatic rings. The van der Waals surface area contributed by atoms with Crippen LogP contribution in [-0.2, 0) is 10.0 Å². The Morgan fingerprint density at radius 3 is 2.63 bits per heavy atom. The molecule has 1 saturated heterocycles. The number of amides is 1. The number of nitrogens with zero attached hydrogens (tertiary/aromatic N) is 2. The quantitative estimate of drug-likeness (QED) is 0.640. The molecule has 0 saturated carbocycles. The highest BCUT2D eigenvalue weighted by Crippen LogP contribution is 2.30. The zero-order chi connectivity index (χ0) is 21.5. The number of aryl methyl sites for hydroxylation is 2. The Kier molecular flexibility index (Phi) is 5.65. The van der Waals surface area contributed by atoms with E-state index < -0.39 is 10.0 Å². The number of piperidine rings is 1. The first-order chi connectivity index (χ1) is 14.2. The van der Waals surface area contributed by atoms with Crippen LogP contribution in [0, 0.1) is 19.8 Å². The molecule has 1 atom stereocenters. The molecule has 1 aliphatic heterocycles. The molecule has 4 rings (SSSR count). The van der Waals surface area contributed by atoms with Crippen LogP contribution in [0.25, 0.3) is 10.2 Å². The molecule has 2 aromatic carbocycles. The largest absolute Gasteiger partial charge is 0.298 e. The molecular formula is C22H25N3O3S2. The average Bonchev–Trinajstić information content (AvgIpc) is 3.10. The van der Waals surface area contributed by atoms with Crippen LogP contribution < -0.4 is 5.32 Å². The zero-order valence-corrected chi connectivity index (χ0v) is 18.9. The Hall–Kier alpha value is -2.29. The normalized spacial score (nSPS) is 17.9. The fourth-order valence-electron chi connectivity index (χ4n) is 3.89. The van der Waals surface area contributed by atoms with E-state index in [2.05, 4.69) is 29.4 Å². The summed E-state index contributed by atoms with van der Waals surface area (Å²) in [5.41, 5.74) is 3.51. The molecular weight excluding hydrogens is 418 g/mol. The fourth-order valence-corrected chi connectivity index (χ4v) is 6.52. The molecule has 1 amide bonds. The monoisotopic (exact) mass is 443 g/mol. The van der Waals surface area contributed by atoms with Gasteiger partial charge in [-0.1, -0.05) is 24.3 Å². The molecule has 3 aromatic rings. The molecule has 6 nitrogen and oxygen atoms in total. The minimum Gasteiger partial charge on any atom is -0.298 e. The SMILES string of the molecule is Cc1cc(C)c2nc(NC(=O)c3ccc(S(=O)(=O)N4CCCC(C)C4)cc3)sc2c1. The maximum Gasteiger partial charge on any atom is 0.257 e. The predicted molar refractivity (Wildman–Crippen MR) is 121 cm³/mol. The van der Waals surface area contributed by atoms with Crippen LogP contribution in [-0.4, -0.2) is 36.7 Å². The molecule has 8 heteroatoms. The number of thiazole rings is 1. The van der Waals surface area contributed by atoms with Gasteiger partial charge in [-0.25, -0.2) is 13.4 Å². The van der Waals surface area contributed by atoms with E-state index in [0.29, 0.717) is 29.7 Å².